The summed E-state index contributed by atoms with van der Waals surface area (Å²) >= 11 is 6.01. The Kier molecular flexibility index (Phi) is 5.08. The minimum atomic E-state index is -1.05. The molecular weight excluding hydrogens is 345 g/mol. The molecule has 2 N–H and O–H groups in total. The van der Waals surface area contributed by atoms with Crippen LogP contribution in [0, 0.1) is 5.82 Å². The van der Waals surface area contributed by atoms with Crippen LogP contribution in [0.25, 0.3) is 0 Å². The van der Waals surface area contributed by atoms with Crippen LogP contribution >= 0.6 is 11.6 Å². The van der Waals surface area contributed by atoms with Crippen LogP contribution in [0.2, 0.25) is 5.02 Å². The highest BCUT2D eigenvalue weighted by Gasteiger charge is 2.36. The zero-order chi connectivity index (χ0) is 18.0. The van der Waals surface area contributed by atoms with Crippen molar-refractivity contribution < 1.29 is 19.4 Å². The van der Waals surface area contributed by atoms with Gasteiger partial charge in [-0.1, -0.05) is 29.8 Å². The van der Waals surface area contributed by atoms with Crippen molar-refractivity contribution >= 4 is 17.6 Å². The normalized spacial score (nSPS) is 20.8. The average Bonchev–Trinajstić information content (AvgIpc) is 2.90. The summed E-state index contributed by atoms with van der Waals surface area (Å²) in [5.74, 6) is -1.34. The number of halogens is 2. The molecule has 0 radical (unpaired) electrons. The smallest absolute Gasteiger partial charge is 0.337 e. The first-order valence-corrected chi connectivity index (χ1v) is 8.43. The molecule has 0 bridgehead atoms. The minimum absolute atomic E-state index is 0.0830. The topological polar surface area (TPSA) is 60.8 Å². The Labute approximate surface area is 150 Å². The first-order chi connectivity index (χ1) is 11.8. The quantitative estimate of drug-likeness (QED) is 0.855. The molecule has 0 amide bonds. The van der Waals surface area contributed by atoms with Crippen molar-refractivity contribution in [2.24, 2.45) is 0 Å². The van der Waals surface area contributed by atoms with E-state index in [9.17, 15) is 14.3 Å². The lowest BCUT2D eigenvalue weighted by atomic mass is 9.94. The Morgan fingerprint density at radius 1 is 1.20 bits per heavy atom. The van der Waals surface area contributed by atoms with Gasteiger partial charge in [-0.25, -0.2) is 9.18 Å². The second-order valence-corrected chi connectivity index (χ2v) is 7.01. The lowest BCUT2D eigenvalue weighted by Crippen LogP contribution is -2.35. The number of carbonyl (C=O) groups is 1. The largest absolute Gasteiger partial charge is 0.478 e. The van der Waals surface area contributed by atoms with E-state index in [0.29, 0.717) is 25.9 Å². The monoisotopic (exact) mass is 363 g/mol. The molecule has 3 rings (SSSR count). The molecule has 1 saturated heterocycles. The lowest BCUT2D eigenvalue weighted by molar-refractivity contribution is 0.0488. The highest BCUT2D eigenvalue weighted by atomic mass is 35.5. The number of aromatic carboxylic acids is 1. The van der Waals surface area contributed by atoms with Crippen LogP contribution in [0.4, 0.5) is 4.39 Å². The molecule has 1 aliphatic rings. The van der Waals surface area contributed by atoms with Gasteiger partial charge in [0.2, 0.25) is 0 Å². The molecule has 0 saturated carbocycles. The summed E-state index contributed by atoms with van der Waals surface area (Å²) in [4.78, 5) is 13.1. The van der Waals surface area contributed by atoms with Crippen LogP contribution < -0.4 is 0 Å². The zero-order valence-electron chi connectivity index (χ0n) is 13.6. The van der Waals surface area contributed by atoms with E-state index in [4.69, 9.17) is 16.7 Å². The Bertz CT molecular complexity index is 781. The Morgan fingerprint density at radius 3 is 2.52 bits per heavy atom. The maximum Gasteiger partial charge on any atom is 0.337 e. The van der Waals surface area contributed by atoms with E-state index < -0.39 is 11.6 Å². The third kappa shape index (κ3) is 4.37. The van der Waals surface area contributed by atoms with Crippen LogP contribution in [0.1, 0.15) is 27.9 Å². The number of benzene rings is 2. The second-order valence-electron chi connectivity index (χ2n) is 6.61. The van der Waals surface area contributed by atoms with Crippen LogP contribution in [-0.4, -0.2) is 39.8 Å². The van der Waals surface area contributed by atoms with E-state index in [1.807, 2.05) is 0 Å². The maximum absolute atomic E-state index is 13.0. The molecule has 0 aliphatic carbocycles. The fourth-order valence-electron chi connectivity index (χ4n) is 3.29. The van der Waals surface area contributed by atoms with Gasteiger partial charge in [0.15, 0.2) is 0 Å². The van der Waals surface area contributed by atoms with E-state index in [1.54, 1.807) is 24.3 Å². The van der Waals surface area contributed by atoms with Crippen LogP contribution in [-0.2, 0) is 13.0 Å². The summed E-state index contributed by atoms with van der Waals surface area (Å²) in [6.07, 6.45) is 1.10. The molecule has 1 aliphatic heterocycles. The Morgan fingerprint density at radius 2 is 1.88 bits per heavy atom. The fraction of sp³-hybridized carbons (Fsp3) is 0.316. The molecule has 4 nitrogen and oxygen atoms in total. The standard InChI is InChI=1S/C19H19ClFNO3/c20-17-9-14(3-6-16(17)18(23)24)11-22-8-7-19(25,12-22)10-13-1-4-15(21)5-2-13/h1-6,9,25H,7-8,10-12H2,(H,23,24). The second kappa shape index (κ2) is 7.12. The van der Waals surface area contributed by atoms with Crippen molar-refractivity contribution in [2.45, 2.75) is 25.0 Å². The van der Waals surface area contributed by atoms with Crippen molar-refractivity contribution in [1.29, 1.82) is 0 Å². The number of hydrogen-bond donors (Lipinski definition) is 2. The molecule has 6 heteroatoms. The molecule has 1 heterocycles. The van der Waals surface area contributed by atoms with E-state index in [1.165, 1.54) is 18.2 Å². The minimum Gasteiger partial charge on any atom is -0.478 e. The lowest BCUT2D eigenvalue weighted by Gasteiger charge is -2.24. The number of rotatable bonds is 5. The van der Waals surface area contributed by atoms with Crippen LogP contribution in [0.15, 0.2) is 42.5 Å². The van der Waals surface area contributed by atoms with E-state index >= 15 is 0 Å². The average molecular weight is 364 g/mol. The third-order valence-corrected chi connectivity index (χ3v) is 4.84. The van der Waals surface area contributed by atoms with Crippen molar-refractivity contribution in [1.82, 2.24) is 4.90 Å². The van der Waals surface area contributed by atoms with Gasteiger partial charge in [-0.2, -0.15) is 0 Å². The molecule has 1 atom stereocenters. The number of hydrogen-bond acceptors (Lipinski definition) is 3. The van der Waals surface area contributed by atoms with Gasteiger partial charge in [0.05, 0.1) is 16.2 Å². The highest BCUT2D eigenvalue weighted by molar-refractivity contribution is 6.33. The first kappa shape index (κ1) is 17.9. The highest BCUT2D eigenvalue weighted by Crippen LogP contribution is 2.28. The number of carboxylic acids is 1. The molecule has 2 aromatic carbocycles. The van der Waals surface area contributed by atoms with Crippen molar-refractivity contribution in [3.63, 3.8) is 0 Å². The van der Waals surface area contributed by atoms with Crippen LogP contribution in [0.5, 0.6) is 0 Å². The van der Waals surface area contributed by atoms with Crippen molar-refractivity contribution in [2.75, 3.05) is 13.1 Å². The molecule has 1 fully saturated rings. The molecule has 25 heavy (non-hydrogen) atoms. The molecule has 132 valence electrons. The predicted octanol–water partition coefficient (Wildman–Crippen LogP) is 3.36. The van der Waals surface area contributed by atoms with E-state index in [0.717, 1.165) is 17.7 Å². The zero-order valence-corrected chi connectivity index (χ0v) is 14.3. The van der Waals surface area contributed by atoms with Gasteiger partial charge in [0, 0.05) is 26.1 Å². The number of likely N-dealkylation sites (tertiary alicyclic amines) is 1. The summed E-state index contributed by atoms with van der Waals surface area (Å²) < 4.78 is 13.0. The maximum atomic E-state index is 13.0. The SMILES string of the molecule is O=C(O)c1ccc(CN2CCC(O)(Cc3ccc(F)cc3)C2)cc1Cl. The van der Waals surface area contributed by atoms with Gasteiger partial charge in [-0.3, -0.25) is 4.90 Å². The summed E-state index contributed by atoms with van der Waals surface area (Å²) in [5, 5.41) is 20.0. The molecular formula is C19H19ClFNO3. The number of aliphatic hydroxyl groups is 1. The number of nitrogens with zero attached hydrogens (tertiary/aromatic N) is 1. The molecule has 1 unspecified atom stereocenters. The van der Waals surface area contributed by atoms with Gasteiger partial charge >= 0.3 is 5.97 Å². The summed E-state index contributed by atoms with van der Waals surface area (Å²) in [5.41, 5.74) is 1.04. The van der Waals surface area contributed by atoms with Gasteiger partial charge in [-0.05, 0) is 41.8 Å². The number of β-amino-alcohol motifs (C(OH)–C–C–N with tert-alkyl or cyclic N) is 1. The van der Waals surface area contributed by atoms with Crippen molar-refractivity contribution in [3.05, 3.63) is 70.0 Å². The first-order valence-electron chi connectivity index (χ1n) is 8.06. The third-order valence-electron chi connectivity index (χ3n) is 4.53. The summed E-state index contributed by atoms with van der Waals surface area (Å²) in [6, 6.07) is 11.1. The van der Waals surface area contributed by atoms with E-state index in [2.05, 4.69) is 4.90 Å². The van der Waals surface area contributed by atoms with Gasteiger partial charge in [0.25, 0.3) is 0 Å². The Balaban J connectivity index is 1.63. The molecule has 2 aromatic rings. The summed E-state index contributed by atoms with van der Waals surface area (Å²) in [6.45, 7) is 1.82. The van der Waals surface area contributed by atoms with Gasteiger partial charge in [-0.15, -0.1) is 0 Å². The predicted molar refractivity (Wildman–Crippen MR) is 93.4 cm³/mol. The van der Waals surface area contributed by atoms with E-state index in [-0.39, 0.29) is 16.4 Å². The number of carboxylic acid groups (broad SMARTS) is 1. The Hall–Kier alpha value is -1.95. The van der Waals surface area contributed by atoms with Gasteiger partial charge < -0.3 is 10.2 Å². The molecule has 0 aromatic heterocycles. The van der Waals surface area contributed by atoms with Crippen LogP contribution in [0.3, 0.4) is 0 Å². The van der Waals surface area contributed by atoms with Crippen molar-refractivity contribution in [3.8, 4) is 0 Å². The van der Waals surface area contributed by atoms with Gasteiger partial charge in [0.1, 0.15) is 5.82 Å². The fourth-order valence-corrected chi connectivity index (χ4v) is 3.57. The molecule has 0 spiro atoms. The summed E-state index contributed by atoms with van der Waals surface area (Å²) in [7, 11) is 0.